The van der Waals surface area contributed by atoms with Crippen LogP contribution in [0.15, 0.2) is 18.2 Å². The molecular formula is C10H11N3O2. The number of rotatable bonds is 2. The first kappa shape index (κ1) is 9.51. The summed E-state index contributed by atoms with van der Waals surface area (Å²) in [6, 6.07) is 5.63. The lowest BCUT2D eigenvalue weighted by Crippen LogP contribution is -2.19. The van der Waals surface area contributed by atoms with Gasteiger partial charge >= 0.3 is 6.09 Å². The zero-order valence-corrected chi connectivity index (χ0v) is 8.24. The van der Waals surface area contributed by atoms with Crippen molar-refractivity contribution in [1.29, 1.82) is 0 Å². The molecule has 0 atom stereocenters. The van der Waals surface area contributed by atoms with Crippen LogP contribution < -0.4 is 5.32 Å². The van der Waals surface area contributed by atoms with Crippen LogP contribution in [0.5, 0.6) is 0 Å². The second-order valence-electron chi connectivity index (χ2n) is 3.33. The maximum atomic E-state index is 10.3. The van der Waals surface area contributed by atoms with Gasteiger partial charge in [-0.15, -0.1) is 0 Å². The molecule has 78 valence electrons. The number of nitrogens with one attached hydrogen (secondary N) is 2. The molecule has 0 aliphatic heterocycles. The van der Waals surface area contributed by atoms with Crippen LogP contribution in [0.25, 0.3) is 11.0 Å². The average Bonchev–Trinajstić information content (AvgIpc) is 2.53. The van der Waals surface area contributed by atoms with Crippen molar-refractivity contribution < 1.29 is 9.90 Å². The molecule has 5 heteroatoms. The van der Waals surface area contributed by atoms with E-state index in [4.69, 9.17) is 5.11 Å². The molecular weight excluding hydrogens is 194 g/mol. The van der Waals surface area contributed by atoms with Crippen molar-refractivity contribution in [1.82, 2.24) is 15.3 Å². The number of amides is 1. The van der Waals surface area contributed by atoms with Gasteiger partial charge in [0, 0.05) is 6.54 Å². The van der Waals surface area contributed by atoms with Gasteiger partial charge in [0.25, 0.3) is 0 Å². The topological polar surface area (TPSA) is 78.0 Å². The van der Waals surface area contributed by atoms with E-state index in [1.54, 1.807) is 0 Å². The number of aromatic amines is 1. The standard InChI is InChI=1S/C10H11N3O2/c1-6-12-8-3-2-7(4-9(8)13-6)5-11-10(14)15/h2-4,11H,5H2,1H3,(H,12,13)(H,14,15). The Morgan fingerprint density at radius 3 is 3.13 bits per heavy atom. The second kappa shape index (κ2) is 3.61. The molecule has 0 aliphatic carbocycles. The maximum Gasteiger partial charge on any atom is 0.404 e. The molecule has 1 aromatic carbocycles. The normalized spacial score (nSPS) is 10.5. The van der Waals surface area contributed by atoms with Crippen LogP contribution in [-0.4, -0.2) is 21.2 Å². The van der Waals surface area contributed by atoms with Crippen molar-refractivity contribution in [3.63, 3.8) is 0 Å². The van der Waals surface area contributed by atoms with Crippen LogP contribution in [-0.2, 0) is 6.54 Å². The Labute approximate surface area is 86.1 Å². The predicted octanol–water partition coefficient (Wildman–Crippen LogP) is 1.64. The van der Waals surface area contributed by atoms with E-state index in [2.05, 4.69) is 15.3 Å². The summed E-state index contributed by atoms with van der Waals surface area (Å²) >= 11 is 0. The van der Waals surface area contributed by atoms with Crippen LogP contribution in [0.1, 0.15) is 11.4 Å². The third-order valence-corrected chi connectivity index (χ3v) is 2.11. The highest BCUT2D eigenvalue weighted by molar-refractivity contribution is 5.76. The summed E-state index contributed by atoms with van der Waals surface area (Å²) in [5, 5.41) is 10.8. The molecule has 2 rings (SSSR count). The van der Waals surface area contributed by atoms with E-state index < -0.39 is 6.09 Å². The fourth-order valence-corrected chi connectivity index (χ4v) is 1.47. The van der Waals surface area contributed by atoms with Gasteiger partial charge in [-0.2, -0.15) is 0 Å². The van der Waals surface area contributed by atoms with E-state index in [1.807, 2.05) is 25.1 Å². The van der Waals surface area contributed by atoms with E-state index in [-0.39, 0.29) is 0 Å². The molecule has 0 radical (unpaired) electrons. The lowest BCUT2D eigenvalue weighted by Gasteiger charge is -2.00. The lowest BCUT2D eigenvalue weighted by molar-refractivity contribution is 0.194. The highest BCUT2D eigenvalue weighted by atomic mass is 16.4. The summed E-state index contributed by atoms with van der Waals surface area (Å²) in [5.41, 5.74) is 2.73. The fraction of sp³-hybridized carbons (Fsp3) is 0.200. The Bertz CT molecular complexity index is 504. The Hall–Kier alpha value is -2.04. The van der Waals surface area contributed by atoms with E-state index in [1.165, 1.54) is 0 Å². The molecule has 15 heavy (non-hydrogen) atoms. The molecule has 0 fully saturated rings. The van der Waals surface area contributed by atoms with E-state index >= 15 is 0 Å². The van der Waals surface area contributed by atoms with Crippen LogP contribution in [0.3, 0.4) is 0 Å². The summed E-state index contributed by atoms with van der Waals surface area (Å²) in [5.74, 6) is 0.855. The van der Waals surface area contributed by atoms with Gasteiger partial charge in [0.2, 0.25) is 0 Å². The summed E-state index contributed by atoms with van der Waals surface area (Å²) < 4.78 is 0. The Kier molecular flexibility index (Phi) is 2.29. The number of nitrogens with zero attached hydrogens (tertiary/aromatic N) is 1. The number of carbonyl (C=O) groups is 1. The number of fused-ring (bicyclic) bond motifs is 1. The number of hydrogen-bond acceptors (Lipinski definition) is 2. The number of carboxylic acid groups (broad SMARTS) is 1. The Balaban J connectivity index is 2.26. The third kappa shape index (κ3) is 2.07. The number of H-pyrrole nitrogens is 1. The minimum Gasteiger partial charge on any atom is -0.465 e. The second-order valence-corrected chi connectivity index (χ2v) is 3.33. The Morgan fingerprint density at radius 2 is 2.40 bits per heavy atom. The minimum atomic E-state index is -1.02. The fourth-order valence-electron chi connectivity index (χ4n) is 1.47. The molecule has 1 heterocycles. The summed E-state index contributed by atoms with van der Waals surface area (Å²) in [4.78, 5) is 17.7. The predicted molar refractivity (Wildman–Crippen MR) is 55.7 cm³/mol. The smallest absolute Gasteiger partial charge is 0.404 e. The first-order chi connectivity index (χ1) is 7.15. The average molecular weight is 205 g/mol. The molecule has 3 N–H and O–H groups in total. The van der Waals surface area contributed by atoms with Gasteiger partial charge in [0.05, 0.1) is 11.0 Å². The van der Waals surface area contributed by atoms with Crippen molar-refractivity contribution in [3.05, 3.63) is 29.6 Å². The summed E-state index contributed by atoms with van der Waals surface area (Å²) in [6.45, 7) is 2.19. The van der Waals surface area contributed by atoms with Crippen LogP contribution >= 0.6 is 0 Å². The molecule has 0 aliphatic rings. The quantitative estimate of drug-likeness (QED) is 0.697. The highest BCUT2D eigenvalue weighted by Crippen LogP contribution is 2.13. The van der Waals surface area contributed by atoms with Gasteiger partial charge in [-0.05, 0) is 24.6 Å². The van der Waals surface area contributed by atoms with Crippen LogP contribution in [0.4, 0.5) is 4.79 Å². The molecule has 1 aromatic heterocycles. The van der Waals surface area contributed by atoms with Gasteiger partial charge in [-0.1, -0.05) is 6.07 Å². The maximum absolute atomic E-state index is 10.3. The molecule has 0 saturated heterocycles. The SMILES string of the molecule is Cc1nc2ccc(CNC(=O)O)cc2[nH]1. The van der Waals surface area contributed by atoms with Crippen molar-refractivity contribution in [3.8, 4) is 0 Å². The first-order valence-electron chi connectivity index (χ1n) is 4.57. The number of aryl methyl sites for hydroxylation is 1. The molecule has 1 amide bonds. The zero-order chi connectivity index (χ0) is 10.8. The van der Waals surface area contributed by atoms with Crippen LogP contribution in [0.2, 0.25) is 0 Å². The van der Waals surface area contributed by atoms with E-state index in [0.717, 1.165) is 22.4 Å². The molecule has 0 bridgehead atoms. The van der Waals surface area contributed by atoms with E-state index in [0.29, 0.717) is 6.54 Å². The van der Waals surface area contributed by atoms with Gasteiger partial charge in [0.1, 0.15) is 5.82 Å². The minimum absolute atomic E-state index is 0.309. The van der Waals surface area contributed by atoms with Crippen LogP contribution in [0, 0.1) is 6.92 Å². The van der Waals surface area contributed by atoms with Gasteiger partial charge in [0.15, 0.2) is 0 Å². The van der Waals surface area contributed by atoms with Gasteiger partial charge in [-0.3, -0.25) is 0 Å². The number of aromatic nitrogens is 2. The molecule has 0 spiro atoms. The molecule has 0 saturated carbocycles. The zero-order valence-electron chi connectivity index (χ0n) is 8.24. The summed E-state index contributed by atoms with van der Waals surface area (Å²) in [7, 11) is 0. The number of benzene rings is 1. The molecule has 2 aromatic rings. The number of imidazole rings is 1. The molecule has 5 nitrogen and oxygen atoms in total. The van der Waals surface area contributed by atoms with Crippen molar-refractivity contribution in [2.75, 3.05) is 0 Å². The Morgan fingerprint density at radius 1 is 1.60 bits per heavy atom. The first-order valence-corrected chi connectivity index (χ1v) is 4.57. The monoisotopic (exact) mass is 205 g/mol. The van der Waals surface area contributed by atoms with Gasteiger partial charge < -0.3 is 15.4 Å². The van der Waals surface area contributed by atoms with E-state index in [9.17, 15) is 4.79 Å². The van der Waals surface area contributed by atoms with Crippen molar-refractivity contribution in [2.45, 2.75) is 13.5 Å². The largest absolute Gasteiger partial charge is 0.465 e. The van der Waals surface area contributed by atoms with Gasteiger partial charge in [-0.25, -0.2) is 9.78 Å². The van der Waals surface area contributed by atoms with Crippen molar-refractivity contribution >= 4 is 17.1 Å². The lowest BCUT2D eigenvalue weighted by atomic mass is 10.2. The number of hydrogen-bond donors (Lipinski definition) is 3. The van der Waals surface area contributed by atoms with Crippen molar-refractivity contribution in [2.24, 2.45) is 0 Å². The molecule has 0 unspecified atom stereocenters. The highest BCUT2D eigenvalue weighted by Gasteiger charge is 2.01. The third-order valence-electron chi connectivity index (χ3n) is 2.11. The summed E-state index contributed by atoms with van der Waals surface area (Å²) in [6.07, 6.45) is -1.02.